The van der Waals surface area contributed by atoms with Gasteiger partial charge in [0, 0.05) is 16.8 Å². The standard InChI is InChI=1S/C25H24N2O3S2/c1-31-18-17-24(27-32(29,30)23-13-6-3-7-14-23)25(28)26-22-12-8-11-21(19-22)16-15-20-9-4-2-5-10-20/h2-14,19,24,27H,17-18H2,1H3,(H,26,28). The summed E-state index contributed by atoms with van der Waals surface area (Å²) in [6.07, 6.45) is 2.28. The molecule has 3 aromatic carbocycles. The van der Waals surface area contributed by atoms with Crippen LogP contribution < -0.4 is 10.0 Å². The van der Waals surface area contributed by atoms with E-state index in [2.05, 4.69) is 21.9 Å². The van der Waals surface area contributed by atoms with Crippen LogP contribution in [0.2, 0.25) is 0 Å². The average Bonchev–Trinajstić information content (AvgIpc) is 2.82. The van der Waals surface area contributed by atoms with Crippen LogP contribution in [-0.2, 0) is 14.8 Å². The van der Waals surface area contributed by atoms with E-state index in [1.54, 1.807) is 48.2 Å². The van der Waals surface area contributed by atoms with Crippen LogP contribution in [0.25, 0.3) is 0 Å². The summed E-state index contributed by atoms with van der Waals surface area (Å²) in [5.74, 6) is 6.39. The highest BCUT2D eigenvalue weighted by atomic mass is 32.2. The minimum Gasteiger partial charge on any atom is -0.325 e. The Labute approximate surface area is 193 Å². The van der Waals surface area contributed by atoms with Crippen molar-refractivity contribution in [2.24, 2.45) is 0 Å². The van der Waals surface area contributed by atoms with E-state index in [-0.39, 0.29) is 4.90 Å². The third-order valence-corrected chi connectivity index (χ3v) is 6.66. The second-order valence-electron chi connectivity index (χ2n) is 6.95. The number of sulfonamides is 1. The van der Waals surface area contributed by atoms with Gasteiger partial charge >= 0.3 is 0 Å². The van der Waals surface area contributed by atoms with E-state index in [1.807, 2.05) is 42.7 Å². The third kappa shape index (κ3) is 6.99. The van der Waals surface area contributed by atoms with Crippen molar-refractivity contribution in [2.75, 3.05) is 17.3 Å². The summed E-state index contributed by atoms with van der Waals surface area (Å²) in [5, 5.41) is 2.82. The molecule has 32 heavy (non-hydrogen) atoms. The summed E-state index contributed by atoms with van der Waals surface area (Å²) in [5.41, 5.74) is 2.20. The first-order valence-electron chi connectivity index (χ1n) is 10.0. The molecule has 0 heterocycles. The molecule has 3 aromatic rings. The predicted octanol–water partition coefficient (Wildman–Crippen LogP) is 4.13. The van der Waals surface area contributed by atoms with E-state index in [0.29, 0.717) is 17.9 Å². The Morgan fingerprint density at radius 1 is 0.906 bits per heavy atom. The zero-order chi connectivity index (χ0) is 22.8. The molecule has 0 bridgehead atoms. The minimum atomic E-state index is -3.82. The van der Waals surface area contributed by atoms with Crippen LogP contribution in [0.5, 0.6) is 0 Å². The van der Waals surface area contributed by atoms with E-state index < -0.39 is 22.0 Å². The summed E-state index contributed by atoms with van der Waals surface area (Å²) in [7, 11) is -3.82. The zero-order valence-electron chi connectivity index (χ0n) is 17.6. The molecule has 0 fully saturated rings. The lowest BCUT2D eigenvalue weighted by atomic mass is 10.1. The SMILES string of the molecule is CSCCC(NS(=O)(=O)c1ccccc1)C(=O)Nc1cccc(C#Cc2ccccc2)c1. The molecule has 0 saturated heterocycles. The molecule has 3 rings (SSSR count). The number of amides is 1. The second-order valence-corrected chi connectivity index (χ2v) is 9.65. The number of carbonyl (C=O) groups is 1. The van der Waals surface area contributed by atoms with Crippen LogP contribution in [0.3, 0.4) is 0 Å². The topological polar surface area (TPSA) is 75.3 Å². The Kier molecular flexibility index (Phi) is 8.51. The smallest absolute Gasteiger partial charge is 0.242 e. The monoisotopic (exact) mass is 464 g/mol. The van der Waals surface area contributed by atoms with Gasteiger partial charge in [-0.3, -0.25) is 4.79 Å². The second kappa shape index (κ2) is 11.5. The fraction of sp³-hybridized carbons (Fsp3) is 0.160. The number of carbonyl (C=O) groups excluding carboxylic acids is 1. The number of benzene rings is 3. The van der Waals surface area contributed by atoms with Crippen LogP contribution in [0.4, 0.5) is 5.69 Å². The summed E-state index contributed by atoms with van der Waals surface area (Å²) in [4.78, 5) is 13.1. The average molecular weight is 465 g/mol. The first-order chi connectivity index (χ1) is 15.5. The maximum atomic E-state index is 12.9. The lowest BCUT2D eigenvalue weighted by molar-refractivity contribution is -0.117. The van der Waals surface area contributed by atoms with Gasteiger partial charge in [-0.2, -0.15) is 16.5 Å². The van der Waals surface area contributed by atoms with Gasteiger partial charge in [0.05, 0.1) is 4.90 Å². The molecule has 0 spiro atoms. The van der Waals surface area contributed by atoms with Gasteiger partial charge in [-0.25, -0.2) is 8.42 Å². The van der Waals surface area contributed by atoms with E-state index in [0.717, 1.165) is 11.1 Å². The molecule has 0 aliphatic carbocycles. The molecule has 1 unspecified atom stereocenters. The van der Waals surface area contributed by atoms with Crippen molar-refractivity contribution in [1.29, 1.82) is 0 Å². The lowest BCUT2D eigenvalue weighted by Gasteiger charge is -2.18. The molecular weight excluding hydrogens is 440 g/mol. The van der Waals surface area contributed by atoms with Crippen molar-refractivity contribution < 1.29 is 13.2 Å². The molecule has 1 atom stereocenters. The van der Waals surface area contributed by atoms with Crippen molar-refractivity contribution in [3.05, 3.63) is 96.1 Å². The zero-order valence-corrected chi connectivity index (χ0v) is 19.2. The summed E-state index contributed by atoms with van der Waals surface area (Å²) in [6.45, 7) is 0. The molecule has 2 N–H and O–H groups in total. The summed E-state index contributed by atoms with van der Waals surface area (Å²) >= 11 is 1.55. The van der Waals surface area contributed by atoms with Crippen molar-refractivity contribution in [1.82, 2.24) is 4.72 Å². The summed E-state index contributed by atoms with van der Waals surface area (Å²) < 4.78 is 28.0. The highest BCUT2D eigenvalue weighted by Crippen LogP contribution is 2.14. The van der Waals surface area contributed by atoms with Crippen LogP contribution in [0, 0.1) is 11.8 Å². The number of nitrogens with one attached hydrogen (secondary N) is 2. The Morgan fingerprint density at radius 2 is 1.53 bits per heavy atom. The van der Waals surface area contributed by atoms with Crippen LogP contribution >= 0.6 is 11.8 Å². The van der Waals surface area contributed by atoms with E-state index in [9.17, 15) is 13.2 Å². The first kappa shape index (κ1) is 23.6. The van der Waals surface area contributed by atoms with Gasteiger partial charge in [0.1, 0.15) is 6.04 Å². The molecule has 0 saturated carbocycles. The minimum absolute atomic E-state index is 0.125. The van der Waals surface area contributed by atoms with Crippen LogP contribution in [0.15, 0.2) is 89.8 Å². The Balaban J connectivity index is 1.74. The van der Waals surface area contributed by atoms with Gasteiger partial charge < -0.3 is 5.32 Å². The highest BCUT2D eigenvalue weighted by molar-refractivity contribution is 7.98. The summed E-state index contributed by atoms with van der Waals surface area (Å²) in [6, 6.07) is 23.9. The van der Waals surface area contributed by atoms with E-state index >= 15 is 0 Å². The fourth-order valence-electron chi connectivity index (χ4n) is 2.90. The Hall–Kier alpha value is -3.05. The quantitative estimate of drug-likeness (QED) is 0.492. The van der Waals surface area contributed by atoms with Crippen molar-refractivity contribution in [3.63, 3.8) is 0 Å². The molecule has 0 aliphatic heterocycles. The fourth-order valence-corrected chi connectivity index (χ4v) is 4.63. The number of hydrogen-bond acceptors (Lipinski definition) is 4. The molecule has 7 heteroatoms. The van der Waals surface area contributed by atoms with E-state index in [1.165, 1.54) is 12.1 Å². The lowest BCUT2D eigenvalue weighted by Crippen LogP contribution is -2.44. The van der Waals surface area contributed by atoms with Gasteiger partial charge in [0.15, 0.2) is 0 Å². The Morgan fingerprint density at radius 3 is 2.22 bits per heavy atom. The van der Waals surface area contributed by atoms with Crippen molar-refractivity contribution >= 4 is 33.4 Å². The number of rotatable bonds is 8. The van der Waals surface area contributed by atoms with Gasteiger partial charge in [0.25, 0.3) is 0 Å². The molecule has 0 aromatic heterocycles. The molecule has 5 nitrogen and oxygen atoms in total. The van der Waals surface area contributed by atoms with Gasteiger partial charge in [-0.15, -0.1) is 0 Å². The van der Waals surface area contributed by atoms with Crippen LogP contribution in [-0.4, -0.2) is 32.4 Å². The van der Waals surface area contributed by atoms with E-state index in [4.69, 9.17) is 0 Å². The number of anilines is 1. The van der Waals surface area contributed by atoms with Gasteiger partial charge in [-0.1, -0.05) is 54.3 Å². The third-order valence-electron chi connectivity index (χ3n) is 4.53. The normalized spacial score (nSPS) is 11.8. The largest absolute Gasteiger partial charge is 0.325 e. The van der Waals surface area contributed by atoms with Crippen LogP contribution in [0.1, 0.15) is 17.5 Å². The van der Waals surface area contributed by atoms with Crippen molar-refractivity contribution in [3.8, 4) is 11.8 Å². The van der Waals surface area contributed by atoms with Gasteiger partial charge in [0.2, 0.25) is 15.9 Å². The molecule has 1 amide bonds. The van der Waals surface area contributed by atoms with Gasteiger partial charge in [-0.05, 0) is 60.9 Å². The molecule has 0 radical (unpaired) electrons. The molecular formula is C25H24N2O3S2. The first-order valence-corrected chi connectivity index (χ1v) is 12.9. The Bertz CT molecular complexity index is 1200. The molecule has 164 valence electrons. The highest BCUT2D eigenvalue weighted by Gasteiger charge is 2.25. The maximum Gasteiger partial charge on any atom is 0.242 e. The van der Waals surface area contributed by atoms with Crippen molar-refractivity contribution in [2.45, 2.75) is 17.4 Å². The maximum absolute atomic E-state index is 12.9. The molecule has 0 aliphatic rings. The number of thioether (sulfide) groups is 1. The number of hydrogen-bond donors (Lipinski definition) is 2. The predicted molar refractivity (Wildman–Crippen MR) is 131 cm³/mol.